The van der Waals surface area contributed by atoms with Crippen molar-refractivity contribution in [2.24, 2.45) is 0 Å². The van der Waals surface area contributed by atoms with Crippen molar-refractivity contribution < 1.29 is 0 Å². The largest absolute Gasteiger partial charge is 0.366 e. The molecule has 1 N–H and O–H groups in total. The number of hydrogen-bond donors (Lipinski definition) is 1. The van der Waals surface area contributed by atoms with E-state index in [0.29, 0.717) is 17.1 Å². The fourth-order valence-corrected chi connectivity index (χ4v) is 2.49. The second kappa shape index (κ2) is 4.42. The van der Waals surface area contributed by atoms with E-state index in [9.17, 15) is 0 Å². The Labute approximate surface area is 106 Å². The predicted octanol–water partition coefficient (Wildman–Crippen LogP) is 2.12. The van der Waals surface area contributed by atoms with Gasteiger partial charge in [-0.15, -0.1) is 0 Å². The maximum absolute atomic E-state index is 6.03. The zero-order valence-corrected chi connectivity index (χ0v) is 10.7. The van der Waals surface area contributed by atoms with Crippen LogP contribution in [0.15, 0.2) is 6.07 Å². The van der Waals surface area contributed by atoms with Crippen LogP contribution in [0.25, 0.3) is 0 Å². The normalized spacial score (nSPS) is 25.2. The Hall–Kier alpha value is -0.870. The lowest BCUT2D eigenvalue weighted by molar-refractivity contribution is 0.414. The summed E-state index contributed by atoms with van der Waals surface area (Å²) in [6.45, 7) is 2.21. The number of rotatable bonds is 3. The highest BCUT2D eigenvalue weighted by atomic mass is 35.5. The monoisotopic (exact) mass is 252 g/mol. The van der Waals surface area contributed by atoms with Crippen molar-refractivity contribution in [2.45, 2.75) is 31.2 Å². The summed E-state index contributed by atoms with van der Waals surface area (Å²) < 4.78 is 0. The van der Waals surface area contributed by atoms with E-state index in [0.717, 1.165) is 31.2 Å². The van der Waals surface area contributed by atoms with Crippen molar-refractivity contribution in [1.82, 2.24) is 14.9 Å². The van der Waals surface area contributed by atoms with Crippen LogP contribution in [0.2, 0.25) is 5.15 Å². The fourth-order valence-electron chi connectivity index (χ4n) is 2.30. The molecule has 1 aromatic heterocycles. The highest BCUT2D eigenvalue weighted by Crippen LogP contribution is 2.38. The third kappa shape index (κ3) is 2.69. The van der Waals surface area contributed by atoms with E-state index >= 15 is 0 Å². The third-order valence-electron chi connectivity index (χ3n) is 3.40. The molecule has 2 aliphatic rings. The number of likely N-dealkylation sites (N-methyl/N-ethyl adjacent to an activating group) is 1. The molecule has 2 fully saturated rings. The maximum Gasteiger partial charge on any atom is 0.135 e. The smallest absolute Gasteiger partial charge is 0.135 e. The number of aromatic nitrogens is 2. The lowest BCUT2D eigenvalue weighted by Gasteiger charge is -2.14. The van der Waals surface area contributed by atoms with Gasteiger partial charge < -0.3 is 10.2 Å². The van der Waals surface area contributed by atoms with E-state index in [2.05, 4.69) is 27.2 Å². The molecule has 1 saturated carbocycles. The van der Waals surface area contributed by atoms with Crippen LogP contribution in [0.3, 0.4) is 0 Å². The van der Waals surface area contributed by atoms with E-state index in [-0.39, 0.29) is 0 Å². The van der Waals surface area contributed by atoms with Gasteiger partial charge in [0.1, 0.15) is 16.8 Å². The number of likely N-dealkylation sites (tertiary alicyclic amines) is 1. The van der Waals surface area contributed by atoms with Gasteiger partial charge in [-0.2, -0.15) is 0 Å². The summed E-state index contributed by atoms with van der Waals surface area (Å²) in [6, 6.07) is 2.31. The first-order chi connectivity index (χ1) is 8.20. The average molecular weight is 253 g/mol. The molecule has 92 valence electrons. The van der Waals surface area contributed by atoms with Crippen molar-refractivity contribution in [3.05, 3.63) is 17.0 Å². The number of nitrogens with one attached hydrogen (secondary N) is 1. The van der Waals surface area contributed by atoms with E-state index in [1.165, 1.54) is 12.8 Å². The van der Waals surface area contributed by atoms with E-state index in [1.54, 1.807) is 0 Å². The lowest BCUT2D eigenvalue weighted by atomic mass is 10.2. The maximum atomic E-state index is 6.03. The highest BCUT2D eigenvalue weighted by molar-refractivity contribution is 6.29. The Morgan fingerprint density at radius 3 is 2.82 bits per heavy atom. The quantitative estimate of drug-likeness (QED) is 0.837. The number of anilines is 1. The van der Waals surface area contributed by atoms with Crippen molar-refractivity contribution >= 4 is 17.4 Å². The number of hydrogen-bond acceptors (Lipinski definition) is 4. The third-order valence-corrected chi connectivity index (χ3v) is 3.59. The van der Waals surface area contributed by atoms with Gasteiger partial charge in [0.2, 0.25) is 0 Å². The first kappa shape index (κ1) is 11.2. The molecule has 4 nitrogen and oxygen atoms in total. The van der Waals surface area contributed by atoms with Gasteiger partial charge in [0.25, 0.3) is 0 Å². The molecule has 1 atom stereocenters. The summed E-state index contributed by atoms with van der Waals surface area (Å²) >= 11 is 6.03. The topological polar surface area (TPSA) is 41.0 Å². The molecular weight excluding hydrogens is 236 g/mol. The average Bonchev–Trinajstić information content (AvgIpc) is 3.03. The van der Waals surface area contributed by atoms with E-state index < -0.39 is 0 Å². The molecule has 5 heteroatoms. The fraction of sp³-hybridized carbons (Fsp3) is 0.667. The first-order valence-corrected chi connectivity index (χ1v) is 6.58. The second-order valence-electron chi connectivity index (χ2n) is 5.10. The minimum atomic E-state index is 0.484. The van der Waals surface area contributed by atoms with Gasteiger partial charge in [0, 0.05) is 24.6 Å². The summed E-state index contributed by atoms with van der Waals surface area (Å²) in [4.78, 5) is 11.2. The zero-order chi connectivity index (χ0) is 11.8. The number of halogens is 1. The van der Waals surface area contributed by atoms with Crippen LogP contribution in [-0.2, 0) is 0 Å². The summed E-state index contributed by atoms with van der Waals surface area (Å²) in [6.07, 6.45) is 3.56. The van der Waals surface area contributed by atoms with Crippen LogP contribution >= 0.6 is 11.6 Å². The molecule has 0 aromatic carbocycles. The Morgan fingerprint density at radius 1 is 1.35 bits per heavy atom. The van der Waals surface area contributed by atoms with E-state index in [1.807, 2.05) is 6.07 Å². The summed E-state index contributed by atoms with van der Waals surface area (Å²) in [5.74, 6) is 2.33. The van der Waals surface area contributed by atoms with Crippen LogP contribution in [0.1, 0.15) is 31.0 Å². The van der Waals surface area contributed by atoms with Gasteiger partial charge in [0.15, 0.2) is 0 Å². The molecule has 3 rings (SSSR count). The summed E-state index contributed by atoms with van der Waals surface area (Å²) in [5.41, 5.74) is 0. The molecular formula is C12H17ClN4. The molecule has 0 radical (unpaired) electrons. The van der Waals surface area contributed by atoms with Gasteiger partial charge in [-0.3, -0.25) is 0 Å². The van der Waals surface area contributed by atoms with Gasteiger partial charge in [-0.1, -0.05) is 11.6 Å². The Kier molecular flexibility index (Phi) is 2.92. The molecule has 2 heterocycles. The SMILES string of the molecule is CN1CCC(Nc2cc(Cl)nc(C3CC3)n2)C1. The van der Waals surface area contributed by atoms with Gasteiger partial charge in [-0.25, -0.2) is 9.97 Å². The molecule has 1 aliphatic heterocycles. The number of nitrogens with zero attached hydrogens (tertiary/aromatic N) is 3. The summed E-state index contributed by atoms with van der Waals surface area (Å²) in [7, 11) is 2.14. The van der Waals surface area contributed by atoms with Crippen LogP contribution in [-0.4, -0.2) is 41.0 Å². The molecule has 17 heavy (non-hydrogen) atoms. The lowest BCUT2D eigenvalue weighted by Crippen LogP contribution is -2.24. The zero-order valence-electron chi connectivity index (χ0n) is 9.99. The van der Waals surface area contributed by atoms with Gasteiger partial charge in [-0.05, 0) is 32.9 Å². The van der Waals surface area contributed by atoms with Gasteiger partial charge >= 0.3 is 0 Å². The van der Waals surface area contributed by atoms with Crippen LogP contribution < -0.4 is 5.32 Å². The molecule has 0 amide bonds. The van der Waals surface area contributed by atoms with Crippen LogP contribution in [0, 0.1) is 0 Å². The van der Waals surface area contributed by atoms with Crippen molar-refractivity contribution in [1.29, 1.82) is 0 Å². The van der Waals surface area contributed by atoms with Gasteiger partial charge in [0.05, 0.1) is 0 Å². The first-order valence-electron chi connectivity index (χ1n) is 6.20. The molecule has 1 aromatic rings. The molecule has 0 bridgehead atoms. The minimum absolute atomic E-state index is 0.484. The Balaban J connectivity index is 1.73. The van der Waals surface area contributed by atoms with E-state index in [4.69, 9.17) is 11.6 Å². The van der Waals surface area contributed by atoms with Crippen LogP contribution in [0.5, 0.6) is 0 Å². The Morgan fingerprint density at radius 2 is 2.18 bits per heavy atom. The summed E-state index contributed by atoms with van der Waals surface area (Å²) in [5, 5.41) is 4.01. The van der Waals surface area contributed by atoms with Crippen molar-refractivity contribution in [3.63, 3.8) is 0 Å². The highest BCUT2D eigenvalue weighted by Gasteiger charge is 2.27. The van der Waals surface area contributed by atoms with Crippen molar-refractivity contribution in [3.8, 4) is 0 Å². The molecule has 1 aliphatic carbocycles. The minimum Gasteiger partial charge on any atom is -0.366 e. The second-order valence-corrected chi connectivity index (χ2v) is 5.49. The Bertz CT molecular complexity index is 419. The predicted molar refractivity (Wildman–Crippen MR) is 68.5 cm³/mol. The van der Waals surface area contributed by atoms with Crippen molar-refractivity contribution in [2.75, 3.05) is 25.5 Å². The molecule has 0 spiro atoms. The van der Waals surface area contributed by atoms with Crippen LogP contribution in [0.4, 0.5) is 5.82 Å². The molecule has 1 saturated heterocycles. The molecule has 1 unspecified atom stereocenters. The standard InChI is InChI=1S/C12H17ClN4/c1-17-5-4-9(7-17)14-11-6-10(13)15-12(16-11)8-2-3-8/h6,8-9H,2-5,7H2,1H3,(H,14,15,16).